The zero-order valence-electron chi connectivity index (χ0n) is 25.4. The van der Waals surface area contributed by atoms with E-state index in [9.17, 15) is 22.8 Å². The highest BCUT2D eigenvalue weighted by molar-refractivity contribution is 6.12. The number of methoxy groups -OCH3 is 1. The molecule has 1 fully saturated rings. The van der Waals surface area contributed by atoms with E-state index in [0.717, 1.165) is 32.5 Å². The van der Waals surface area contributed by atoms with Crippen LogP contribution in [0.25, 0.3) is 0 Å². The number of hydrogen-bond donors (Lipinski definition) is 1. The molecule has 0 radical (unpaired) electrons. The average Bonchev–Trinajstić information content (AvgIpc) is 3.01. The second kappa shape index (κ2) is 13.6. The number of fused-ring (bicyclic) bond motifs is 1. The number of amidine groups is 1. The summed E-state index contributed by atoms with van der Waals surface area (Å²) in [5.74, 6) is -0.557. The standard InChI is InChI=1S/C34H35F3N4O4/c1-4-41-17-15-24(16-18-41)39-33(43)23-13-14-26(29(19-23)44-3)40-30-10-6-8-27(25(20-38-30)34(35,36)37)45-28-9-5-7-22-12-11-21(2)32(42)31(22)28/h5-9,11,13-14,19-20,24H,4,10,12,15-18H2,1-3H3,(H,39,43)/b8-6+,27-25-,38-20?,40-30?. The number of rotatable bonds is 7. The van der Waals surface area contributed by atoms with Gasteiger partial charge in [0.05, 0.1) is 12.7 Å². The Kier molecular flexibility index (Phi) is 9.67. The van der Waals surface area contributed by atoms with Gasteiger partial charge in [-0.25, -0.2) is 9.98 Å². The van der Waals surface area contributed by atoms with E-state index in [2.05, 4.69) is 27.1 Å². The average molecular weight is 621 g/mol. The Hall–Kier alpha value is -4.51. The van der Waals surface area contributed by atoms with Crippen molar-refractivity contribution in [2.75, 3.05) is 26.7 Å². The first-order chi connectivity index (χ1) is 21.6. The number of ether oxygens (including phenoxy) is 2. The van der Waals surface area contributed by atoms with Crippen molar-refractivity contribution in [2.24, 2.45) is 9.98 Å². The highest BCUT2D eigenvalue weighted by Crippen LogP contribution is 2.35. The van der Waals surface area contributed by atoms with E-state index >= 15 is 0 Å². The first-order valence-corrected chi connectivity index (χ1v) is 14.9. The predicted molar refractivity (Wildman–Crippen MR) is 167 cm³/mol. The maximum absolute atomic E-state index is 14.2. The summed E-state index contributed by atoms with van der Waals surface area (Å²) in [6, 6.07) is 9.71. The summed E-state index contributed by atoms with van der Waals surface area (Å²) in [5.41, 5.74) is 1.04. The Morgan fingerprint density at radius 3 is 2.62 bits per heavy atom. The molecule has 2 aliphatic heterocycles. The molecule has 3 aliphatic rings. The number of nitrogens with one attached hydrogen (secondary N) is 1. The van der Waals surface area contributed by atoms with E-state index in [0.29, 0.717) is 35.0 Å². The molecular weight excluding hydrogens is 585 g/mol. The molecule has 0 atom stereocenters. The lowest BCUT2D eigenvalue weighted by Crippen LogP contribution is -2.44. The number of halogens is 3. The number of carbonyl (C=O) groups is 2. The number of nitrogens with zero attached hydrogens (tertiary/aromatic N) is 3. The highest BCUT2D eigenvalue weighted by Gasteiger charge is 2.37. The molecule has 1 amide bonds. The Labute approximate surface area is 260 Å². The number of allylic oxidation sites excluding steroid dienone is 4. The van der Waals surface area contributed by atoms with Gasteiger partial charge >= 0.3 is 6.18 Å². The third kappa shape index (κ3) is 7.42. The topological polar surface area (TPSA) is 92.6 Å². The van der Waals surface area contributed by atoms with E-state index < -0.39 is 17.5 Å². The zero-order valence-corrected chi connectivity index (χ0v) is 25.4. The lowest BCUT2D eigenvalue weighted by atomic mass is 9.90. The van der Waals surface area contributed by atoms with E-state index in [4.69, 9.17) is 9.47 Å². The summed E-state index contributed by atoms with van der Waals surface area (Å²) in [6.45, 7) is 6.63. The number of ketones is 1. The summed E-state index contributed by atoms with van der Waals surface area (Å²) in [5, 5.41) is 3.07. The lowest BCUT2D eigenvalue weighted by Gasteiger charge is -2.31. The molecular formula is C34H35F3N4O4. The molecule has 0 spiro atoms. The number of Topliss-reactive ketones (excluding diaryl/α,β-unsaturated/α-hetero) is 1. The van der Waals surface area contributed by atoms with Crippen molar-refractivity contribution in [2.45, 2.75) is 51.7 Å². The molecule has 1 N–H and O–H groups in total. The van der Waals surface area contributed by atoms with Crippen LogP contribution in [-0.4, -0.2) is 67.6 Å². The van der Waals surface area contributed by atoms with Gasteiger partial charge in [0.2, 0.25) is 0 Å². The maximum atomic E-state index is 14.2. The fraction of sp³-hybridized carbons (Fsp3) is 0.353. The fourth-order valence-corrected chi connectivity index (χ4v) is 5.47. The number of alkyl halides is 3. The van der Waals surface area contributed by atoms with Crippen LogP contribution in [0, 0.1) is 0 Å². The van der Waals surface area contributed by atoms with Gasteiger partial charge in [0, 0.05) is 37.3 Å². The molecule has 0 aromatic heterocycles. The summed E-state index contributed by atoms with van der Waals surface area (Å²) in [4.78, 5) is 36.6. The second-order valence-electron chi connectivity index (χ2n) is 11.0. The van der Waals surface area contributed by atoms with Crippen molar-refractivity contribution in [3.05, 3.63) is 88.2 Å². The summed E-state index contributed by atoms with van der Waals surface area (Å²) < 4.78 is 54.0. The normalized spacial score (nSPS) is 21.1. The van der Waals surface area contributed by atoms with Crippen LogP contribution in [0.3, 0.4) is 0 Å². The molecule has 8 nitrogen and oxygen atoms in total. The molecule has 0 unspecified atom stereocenters. The van der Waals surface area contributed by atoms with Crippen LogP contribution >= 0.6 is 0 Å². The molecule has 1 aliphatic carbocycles. The van der Waals surface area contributed by atoms with Crippen molar-refractivity contribution < 1.29 is 32.2 Å². The molecule has 11 heteroatoms. The molecule has 45 heavy (non-hydrogen) atoms. The van der Waals surface area contributed by atoms with Gasteiger partial charge in [-0.2, -0.15) is 13.2 Å². The third-order valence-electron chi connectivity index (χ3n) is 8.09. The fourth-order valence-electron chi connectivity index (χ4n) is 5.47. The number of likely N-dealkylation sites (tertiary alicyclic amines) is 1. The first-order valence-electron chi connectivity index (χ1n) is 14.9. The van der Waals surface area contributed by atoms with Crippen LogP contribution in [0.4, 0.5) is 18.9 Å². The molecule has 0 bridgehead atoms. The van der Waals surface area contributed by atoms with E-state index in [1.165, 1.54) is 25.3 Å². The lowest BCUT2D eigenvalue weighted by molar-refractivity contribution is -0.0875. The van der Waals surface area contributed by atoms with Crippen LogP contribution < -0.4 is 14.8 Å². The summed E-state index contributed by atoms with van der Waals surface area (Å²) in [6.07, 6.45) is 2.66. The summed E-state index contributed by atoms with van der Waals surface area (Å²) in [7, 11) is 1.43. The van der Waals surface area contributed by atoms with E-state index in [1.807, 2.05) is 0 Å². The maximum Gasteiger partial charge on any atom is 0.421 e. The zero-order chi connectivity index (χ0) is 32.1. The number of carbonyl (C=O) groups excluding carboxylic acids is 2. The van der Waals surface area contributed by atoms with Crippen molar-refractivity contribution in [1.82, 2.24) is 10.2 Å². The van der Waals surface area contributed by atoms with Gasteiger partial charge < -0.3 is 19.7 Å². The van der Waals surface area contributed by atoms with Crippen molar-refractivity contribution in [3.63, 3.8) is 0 Å². The van der Waals surface area contributed by atoms with Gasteiger partial charge in [-0.05, 0) is 74.2 Å². The molecule has 5 rings (SSSR count). The van der Waals surface area contributed by atoms with Crippen LogP contribution in [0.1, 0.15) is 59.4 Å². The Morgan fingerprint density at radius 1 is 1.13 bits per heavy atom. The van der Waals surface area contributed by atoms with Crippen molar-refractivity contribution in [1.29, 1.82) is 0 Å². The summed E-state index contributed by atoms with van der Waals surface area (Å²) >= 11 is 0. The Morgan fingerprint density at radius 2 is 1.91 bits per heavy atom. The SMILES string of the molecule is CCN1CCC(NC(=O)c2ccc(N=C3C/C=C/C(Oc4cccc5c4C(=O)C(C)=CC5)=C(/C(F)(F)F)C=N3)c(OC)c2)CC1. The highest BCUT2D eigenvalue weighted by atomic mass is 19.4. The molecule has 0 saturated carbocycles. The Bertz CT molecular complexity index is 1630. The van der Waals surface area contributed by atoms with Gasteiger partial charge in [0.25, 0.3) is 5.91 Å². The number of piperidine rings is 1. The van der Waals surface area contributed by atoms with Crippen molar-refractivity contribution >= 4 is 29.4 Å². The molecule has 236 valence electrons. The third-order valence-corrected chi connectivity index (χ3v) is 8.09. The van der Waals surface area contributed by atoms with Gasteiger partial charge in [-0.15, -0.1) is 0 Å². The Balaban J connectivity index is 1.38. The number of hydrogen-bond acceptors (Lipinski definition) is 6. The molecule has 2 heterocycles. The number of amides is 1. The minimum absolute atomic E-state index is 0.0505. The van der Waals surface area contributed by atoms with Crippen LogP contribution in [0.5, 0.6) is 11.5 Å². The van der Waals surface area contributed by atoms with Gasteiger partial charge in [0.1, 0.15) is 34.4 Å². The van der Waals surface area contributed by atoms with E-state index in [1.54, 1.807) is 43.3 Å². The van der Waals surface area contributed by atoms with Gasteiger partial charge in [-0.1, -0.05) is 31.2 Å². The first kappa shape index (κ1) is 31.9. The minimum atomic E-state index is -4.81. The van der Waals surface area contributed by atoms with Crippen LogP contribution in [0.15, 0.2) is 81.5 Å². The van der Waals surface area contributed by atoms with Gasteiger partial charge in [0.15, 0.2) is 5.78 Å². The smallest absolute Gasteiger partial charge is 0.421 e. The van der Waals surface area contributed by atoms with Gasteiger partial charge in [-0.3, -0.25) is 9.59 Å². The molecule has 2 aromatic rings. The quantitative estimate of drug-likeness (QED) is 0.379. The number of benzene rings is 2. The van der Waals surface area contributed by atoms with Crippen molar-refractivity contribution in [3.8, 4) is 11.5 Å². The van der Waals surface area contributed by atoms with Crippen LogP contribution in [0.2, 0.25) is 0 Å². The second-order valence-corrected chi connectivity index (χ2v) is 11.0. The number of aliphatic imine (C=N–C) groups is 2. The molecule has 2 aromatic carbocycles. The predicted octanol–water partition coefficient (Wildman–Crippen LogP) is 6.55. The largest absolute Gasteiger partial charge is 0.494 e. The monoisotopic (exact) mass is 620 g/mol. The molecule has 1 saturated heterocycles. The van der Waals surface area contributed by atoms with E-state index in [-0.39, 0.29) is 47.1 Å². The minimum Gasteiger partial charge on any atom is -0.494 e. The van der Waals surface area contributed by atoms with Crippen LogP contribution in [-0.2, 0) is 6.42 Å².